The van der Waals surface area contributed by atoms with E-state index in [1.165, 1.54) is 6.20 Å². The van der Waals surface area contributed by atoms with Crippen LogP contribution in [0.4, 0.5) is 19.1 Å². The molecule has 0 amide bonds. The number of hydrogen-bond acceptors (Lipinski definition) is 3. The van der Waals surface area contributed by atoms with Crippen molar-refractivity contribution in [1.29, 1.82) is 0 Å². The maximum atomic E-state index is 12.6. The minimum absolute atomic E-state index is 0.0395. The van der Waals surface area contributed by atoms with E-state index < -0.39 is 23.8 Å². The second-order valence-corrected chi connectivity index (χ2v) is 3.65. The van der Waals surface area contributed by atoms with E-state index in [2.05, 4.69) is 10.3 Å². The van der Waals surface area contributed by atoms with Crippen molar-refractivity contribution in [3.63, 3.8) is 0 Å². The summed E-state index contributed by atoms with van der Waals surface area (Å²) in [6.45, 7) is 0.555. The monoisotopic (exact) mass is 219 g/mol. The zero-order valence-corrected chi connectivity index (χ0v) is 7.80. The number of fused-ring (bicyclic) bond motifs is 1. The Labute approximate surface area is 82.7 Å². The highest BCUT2D eigenvalue weighted by Gasteiger charge is 2.55. The highest BCUT2D eigenvalue weighted by atomic mass is 19.4. The first-order valence-corrected chi connectivity index (χ1v) is 4.24. The molecule has 0 bridgehead atoms. The fourth-order valence-corrected chi connectivity index (χ4v) is 1.45. The molecule has 0 saturated heterocycles. The third-order valence-corrected chi connectivity index (χ3v) is 2.42. The molecule has 1 aliphatic rings. The summed E-state index contributed by atoms with van der Waals surface area (Å²) in [6, 6.07) is 1.13. The normalized spacial score (nSPS) is 24.8. The van der Waals surface area contributed by atoms with E-state index in [1.54, 1.807) is 0 Å². The van der Waals surface area contributed by atoms with Gasteiger partial charge in [-0.05, 0) is 6.92 Å². The van der Waals surface area contributed by atoms with Gasteiger partial charge in [-0.3, -0.25) is 9.36 Å². The van der Waals surface area contributed by atoms with Crippen LogP contribution in [0.1, 0.15) is 6.92 Å². The van der Waals surface area contributed by atoms with Crippen molar-refractivity contribution in [3.05, 3.63) is 22.6 Å². The molecule has 1 aliphatic heterocycles. The smallest absolute Gasteiger partial charge is 0.340 e. The number of hydrogen-bond donors (Lipinski definition) is 1. The van der Waals surface area contributed by atoms with Crippen LogP contribution >= 0.6 is 0 Å². The summed E-state index contributed by atoms with van der Waals surface area (Å²) < 4.78 is 38.9. The van der Waals surface area contributed by atoms with Crippen LogP contribution in [0.2, 0.25) is 0 Å². The van der Waals surface area contributed by atoms with Crippen LogP contribution in [0.15, 0.2) is 17.1 Å². The van der Waals surface area contributed by atoms with Gasteiger partial charge in [0.2, 0.25) is 5.95 Å². The number of anilines is 1. The van der Waals surface area contributed by atoms with E-state index >= 15 is 0 Å². The number of rotatable bonds is 0. The minimum atomic E-state index is -4.42. The fraction of sp³-hybridized carbons (Fsp3) is 0.500. The van der Waals surface area contributed by atoms with Crippen molar-refractivity contribution in [1.82, 2.24) is 9.55 Å². The first kappa shape index (κ1) is 10.0. The van der Waals surface area contributed by atoms with E-state index in [4.69, 9.17) is 0 Å². The highest BCUT2D eigenvalue weighted by molar-refractivity contribution is 5.36. The third kappa shape index (κ3) is 1.38. The summed E-state index contributed by atoms with van der Waals surface area (Å²) in [4.78, 5) is 14.9. The molecule has 0 aromatic carbocycles. The lowest BCUT2D eigenvalue weighted by atomic mass is 10.0. The Bertz CT molecular complexity index is 453. The number of aromatic nitrogens is 2. The predicted octanol–water partition coefficient (Wildman–Crippen LogP) is 0.990. The van der Waals surface area contributed by atoms with E-state index in [9.17, 15) is 18.0 Å². The predicted molar refractivity (Wildman–Crippen MR) is 46.6 cm³/mol. The molecule has 15 heavy (non-hydrogen) atoms. The number of nitrogens with zero attached hydrogens (tertiary/aromatic N) is 2. The molecular weight excluding hydrogens is 211 g/mol. The molecule has 1 aromatic heterocycles. The second kappa shape index (κ2) is 2.74. The van der Waals surface area contributed by atoms with Gasteiger partial charge in [0.15, 0.2) is 5.54 Å². The lowest BCUT2D eigenvalue weighted by molar-refractivity contribution is -0.174. The van der Waals surface area contributed by atoms with Gasteiger partial charge in [-0.25, -0.2) is 4.98 Å². The van der Waals surface area contributed by atoms with E-state index in [-0.39, 0.29) is 5.95 Å². The Morgan fingerprint density at radius 3 is 2.80 bits per heavy atom. The van der Waals surface area contributed by atoms with E-state index in [0.29, 0.717) is 0 Å². The van der Waals surface area contributed by atoms with Crippen LogP contribution in [0.3, 0.4) is 0 Å². The maximum absolute atomic E-state index is 12.6. The first-order chi connectivity index (χ1) is 6.83. The lowest BCUT2D eigenvalue weighted by Gasteiger charge is -2.26. The average molecular weight is 219 g/mol. The molecule has 2 heterocycles. The zero-order chi connectivity index (χ0) is 11.3. The van der Waals surface area contributed by atoms with Crippen molar-refractivity contribution in [2.45, 2.75) is 25.2 Å². The number of halogens is 3. The van der Waals surface area contributed by atoms with Crippen LogP contribution in [-0.4, -0.2) is 21.3 Å². The van der Waals surface area contributed by atoms with Gasteiger partial charge in [-0.15, -0.1) is 0 Å². The molecule has 0 saturated carbocycles. The SMILES string of the molecule is C[C@@]1(C(F)(F)F)Cn2c(nccc2=O)N1. The van der Waals surface area contributed by atoms with Crippen LogP contribution < -0.4 is 10.9 Å². The van der Waals surface area contributed by atoms with Crippen molar-refractivity contribution >= 4 is 5.95 Å². The molecule has 1 aromatic rings. The van der Waals surface area contributed by atoms with Crippen LogP contribution in [-0.2, 0) is 6.54 Å². The molecule has 0 fully saturated rings. The van der Waals surface area contributed by atoms with Crippen molar-refractivity contribution in [2.75, 3.05) is 5.32 Å². The third-order valence-electron chi connectivity index (χ3n) is 2.42. The van der Waals surface area contributed by atoms with E-state index in [1.807, 2.05) is 0 Å². The maximum Gasteiger partial charge on any atom is 0.412 e. The summed E-state index contributed by atoms with van der Waals surface area (Å²) >= 11 is 0. The molecular formula is C8H8F3N3O. The van der Waals surface area contributed by atoms with Gasteiger partial charge in [0.25, 0.3) is 5.56 Å². The highest BCUT2D eigenvalue weighted by Crippen LogP contribution is 2.37. The standard InChI is InChI=1S/C8H8F3N3O/c1-7(8(9,10)11)4-14-5(15)2-3-12-6(14)13-7/h2-3H,4H2,1H3,(H,12,13)/t7-/m0/s1. The summed E-state index contributed by atoms with van der Waals surface area (Å²) in [5.74, 6) is -0.0395. The molecule has 0 aliphatic carbocycles. The van der Waals surface area contributed by atoms with Crippen molar-refractivity contribution in [3.8, 4) is 0 Å². The van der Waals surface area contributed by atoms with Gasteiger partial charge in [0.05, 0.1) is 6.54 Å². The molecule has 82 valence electrons. The Hall–Kier alpha value is -1.53. The van der Waals surface area contributed by atoms with Gasteiger partial charge >= 0.3 is 6.18 Å². The molecule has 4 nitrogen and oxygen atoms in total. The largest absolute Gasteiger partial charge is 0.412 e. The Balaban J connectivity index is 2.46. The summed E-state index contributed by atoms with van der Waals surface area (Å²) in [7, 11) is 0. The molecule has 1 atom stereocenters. The van der Waals surface area contributed by atoms with Crippen LogP contribution in [0.25, 0.3) is 0 Å². The second-order valence-electron chi connectivity index (χ2n) is 3.65. The number of alkyl halides is 3. The number of nitrogens with one attached hydrogen (secondary N) is 1. The molecule has 2 rings (SSSR count). The molecule has 0 spiro atoms. The van der Waals surface area contributed by atoms with Gasteiger partial charge in [-0.2, -0.15) is 13.2 Å². The van der Waals surface area contributed by atoms with Crippen molar-refractivity contribution < 1.29 is 13.2 Å². The van der Waals surface area contributed by atoms with Crippen LogP contribution in [0, 0.1) is 0 Å². The Kier molecular flexibility index (Phi) is 1.83. The Morgan fingerprint density at radius 1 is 1.60 bits per heavy atom. The lowest BCUT2D eigenvalue weighted by Crippen LogP contribution is -2.48. The summed E-state index contributed by atoms with van der Waals surface area (Å²) in [5, 5.41) is 2.22. The minimum Gasteiger partial charge on any atom is -0.340 e. The van der Waals surface area contributed by atoms with Gasteiger partial charge < -0.3 is 5.32 Å². The topological polar surface area (TPSA) is 46.9 Å². The Morgan fingerprint density at radius 2 is 2.27 bits per heavy atom. The quantitative estimate of drug-likeness (QED) is 0.707. The molecule has 7 heteroatoms. The van der Waals surface area contributed by atoms with Crippen LogP contribution in [0.5, 0.6) is 0 Å². The molecule has 0 radical (unpaired) electrons. The van der Waals surface area contributed by atoms with E-state index in [0.717, 1.165) is 17.6 Å². The van der Waals surface area contributed by atoms with Gasteiger partial charge in [0, 0.05) is 12.3 Å². The van der Waals surface area contributed by atoms with Crippen molar-refractivity contribution in [2.24, 2.45) is 0 Å². The zero-order valence-electron chi connectivity index (χ0n) is 7.80. The van der Waals surface area contributed by atoms with Gasteiger partial charge in [-0.1, -0.05) is 0 Å². The molecule has 0 unspecified atom stereocenters. The fourth-order valence-electron chi connectivity index (χ4n) is 1.45. The first-order valence-electron chi connectivity index (χ1n) is 4.24. The average Bonchev–Trinajstić information content (AvgIpc) is 2.43. The van der Waals surface area contributed by atoms with Gasteiger partial charge in [0.1, 0.15) is 0 Å². The summed E-state index contributed by atoms with van der Waals surface area (Å²) in [5.41, 5.74) is -2.60. The summed E-state index contributed by atoms with van der Waals surface area (Å²) in [6.07, 6.45) is -3.24. The molecule has 1 N–H and O–H groups in total.